The second-order valence-electron chi connectivity index (χ2n) is 6.40. The predicted octanol–water partition coefficient (Wildman–Crippen LogP) is -2.35. The molecular weight excluding hydrogens is 320 g/mol. The highest BCUT2D eigenvalue weighted by atomic mass is 16.8. The maximum atomic E-state index is 10.9. The monoisotopic (exact) mass is 346 g/mol. The lowest BCUT2D eigenvalue weighted by Gasteiger charge is -2.55. The van der Waals surface area contributed by atoms with Gasteiger partial charge in [-0.25, -0.2) is 0 Å². The molecule has 0 aromatic heterocycles. The van der Waals surface area contributed by atoms with Gasteiger partial charge in [0.2, 0.25) is 6.29 Å². The third kappa shape index (κ3) is 2.56. The second-order valence-corrected chi connectivity index (χ2v) is 6.40. The number of rotatable bonds is 3. The van der Waals surface area contributed by atoms with E-state index in [1.54, 1.807) is 27.1 Å². The molecule has 1 saturated carbocycles. The van der Waals surface area contributed by atoms with Crippen LogP contribution in [-0.4, -0.2) is 91.2 Å². The van der Waals surface area contributed by atoms with Gasteiger partial charge < -0.3 is 44.9 Å². The maximum absolute atomic E-state index is 10.9. The molecule has 0 amide bonds. The lowest BCUT2D eigenvalue weighted by atomic mass is 9.80. The van der Waals surface area contributed by atoms with Crippen molar-refractivity contribution in [2.75, 3.05) is 21.2 Å². The van der Waals surface area contributed by atoms with E-state index < -0.39 is 48.6 Å². The number of methoxy groups -OCH3 is 1. The van der Waals surface area contributed by atoms with Gasteiger partial charge in [0.15, 0.2) is 5.76 Å². The molecule has 2 heterocycles. The highest BCUT2D eigenvalue weighted by Crippen LogP contribution is 2.42. The van der Waals surface area contributed by atoms with E-state index in [0.29, 0.717) is 0 Å². The van der Waals surface area contributed by atoms with Gasteiger partial charge in [-0.2, -0.15) is 0 Å². The summed E-state index contributed by atoms with van der Waals surface area (Å²) in [5.74, 6) is -1.76. The molecule has 0 spiro atoms. The van der Waals surface area contributed by atoms with Gasteiger partial charge >= 0.3 is 0 Å². The Bertz CT molecular complexity index is 504. The topological polar surface area (TPSA) is 122 Å². The zero-order valence-corrected chi connectivity index (χ0v) is 14.2. The fourth-order valence-corrected chi connectivity index (χ4v) is 3.78. The lowest BCUT2D eigenvalue weighted by Crippen LogP contribution is -2.76. The van der Waals surface area contributed by atoms with Crippen molar-refractivity contribution in [3.05, 3.63) is 11.8 Å². The fourth-order valence-electron chi connectivity index (χ4n) is 3.78. The first-order chi connectivity index (χ1) is 11.4. The average Bonchev–Trinajstić information content (AvgIpc) is 2.54. The van der Waals surface area contributed by atoms with E-state index in [2.05, 4.69) is 10.6 Å². The molecule has 138 valence electrons. The Hall–Kier alpha value is -0.780. The smallest absolute Gasteiger partial charge is 0.278 e. The van der Waals surface area contributed by atoms with E-state index in [4.69, 9.17) is 18.9 Å². The third-order valence-electron chi connectivity index (χ3n) is 5.00. The molecule has 0 bridgehead atoms. The largest absolute Gasteiger partial charge is 0.495 e. The van der Waals surface area contributed by atoms with E-state index in [-0.39, 0.29) is 11.9 Å². The normalized spacial score (nSPS) is 51.4. The van der Waals surface area contributed by atoms with Crippen LogP contribution in [0.5, 0.6) is 0 Å². The molecule has 3 rings (SSSR count). The Labute approximate surface area is 140 Å². The zero-order chi connectivity index (χ0) is 17.6. The van der Waals surface area contributed by atoms with Crippen molar-refractivity contribution in [3.63, 3.8) is 0 Å². The van der Waals surface area contributed by atoms with Crippen LogP contribution in [0.15, 0.2) is 11.8 Å². The van der Waals surface area contributed by atoms with Crippen molar-refractivity contribution in [3.8, 4) is 0 Å². The summed E-state index contributed by atoms with van der Waals surface area (Å²) in [5, 5.41) is 37.9. The Kier molecular flexibility index (Phi) is 4.89. The van der Waals surface area contributed by atoms with Crippen LogP contribution in [0.2, 0.25) is 0 Å². The van der Waals surface area contributed by atoms with Gasteiger partial charge in [-0.1, -0.05) is 0 Å². The molecule has 0 aromatic rings. The fraction of sp³-hybridized carbons (Fsp3) is 0.867. The third-order valence-corrected chi connectivity index (χ3v) is 5.00. The first-order valence-electron chi connectivity index (χ1n) is 8.05. The number of nitrogens with one attached hydrogen (secondary N) is 2. The van der Waals surface area contributed by atoms with Gasteiger partial charge in [-0.05, 0) is 27.1 Å². The lowest BCUT2D eigenvalue weighted by molar-refractivity contribution is -0.426. The number of hydrogen-bond donors (Lipinski definition) is 5. The van der Waals surface area contributed by atoms with E-state index >= 15 is 0 Å². The molecule has 9 heteroatoms. The standard InChI is InChI=1S/C15H26N2O7/c1-6-5-7(21-4)15(20)14(22-6)23-13-11(19)8(16-2)10(18)9(17-3)12(13)24-15/h5-6,8-14,16-20H,1-4H3/t6-,8-,9+,10+,11+,12-,13-,14-,15+/m1/s1. The van der Waals surface area contributed by atoms with E-state index in [0.717, 1.165) is 0 Å². The number of aliphatic hydroxyl groups is 3. The van der Waals surface area contributed by atoms with Crippen LogP contribution in [0.3, 0.4) is 0 Å². The Morgan fingerprint density at radius 2 is 1.75 bits per heavy atom. The molecule has 2 fully saturated rings. The molecule has 5 N–H and O–H groups in total. The first kappa shape index (κ1) is 18.0. The van der Waals surface area contributed by atoms with E-state index in [9.17, 15) is 15.3 Å². The molecule has 1 aliphatic carbocycles. The van der Waals surface area contributed by atoms with Crippen molar-refractivity contribution < 1.29 is 34.3 Å². The molecule has 9 atom stereocenters. The Morgan fingerprint density at radius 3 is 2.33 bits per heavy atom. The van der Waals surface area contributed by atoms with Gasteiger partial charge in [0.05, 0.1) is 31.4 Å². The quantitative estimate of drug-likeness (QED) is 0.382. The Morgan fingerprint density at radius 1 is 1.08 bits per heavy atom. The number of aliphatic hydroxyl groups excluding tert-OH is 2. The minimum absolute atomic E-state index is 0.180. The highest BCUT2D eigenvalue weighted by molar-refractivity contribution is 5.17. The molecule has 2 aliphatic heterocycles. The van der Waals surface area contributed by atoms with Crippen LogP contribution < -0.4 is 10.6 Å². The molecule has 3 aliphatic rings. The van der Waals surface area contributed by atoms with Gasteiger partial charge in [0.25, 0.3) is 5.79 Å². The van der Waals surface area contributed by atoms with Crippen molar-refractivity contribution in [2.24, 2.45) is 0 Å². The van der Waals surface area contributed by atoms with Crippen LogP contribution in [-0.2, 0) is 18.9 Å². The van der Waals surface area contributed by atoms with Crippen LogP contribution in [0, 0.1) is 0 Å². The maximum Gasteiger partial charge on any atom is 0.278 e. The highest BCUT2D eigenvalue weighted by Gasteiger charge is 2.62. The number of fused-ring (bicyclic) bond motifs is 2. The summed E-state index contributed by atoms with van der Waals surface area (Å²) in [6, 6.07) is -1.18. The van der Waals surface area contributed by atoms with Gasteiger partial charge in [0.1, 0.15) is 18.3 Å². The number of hydrogen-bond acceptors (Lipinski definition) is 9. The summed E-state index contributed by atoms with van der Waals surface area (Å²) in [5.41, 5.74) is 0. The van der Waals surface area contributed by atoms with Crippen LogP contribution in [0.25, 0.3) is 0 Å². The first-order valence-corrected chi connectivity index (χ1v) is 8.05. The SMILES string of the molecule is CN[C@@H]1[C@H](O)[C@H](NC)[C@H]2O[C@@]3(O)C(OC)=C[C@@H](C)O[C@@H]3O[C@@H]2[C@H]1O. The minimum Gasteiger partial charge on any atom is -0.495 e. The van der Waals surface area contributed by atoms with Gasteiger partial charge in [0, 0.05) is 0 Å². The minimum atomic E-state index is -1.94. The number of likely N-dealkylation sites (N-methyl/N-ethyl adjacent to an activating group) is 2. The van der Waals surface area contributed by atoms with Crippen LogP contribution in [0.4, 0.5) is 0 Å². The van der Waals surface area contributed by atoms with Crippen molar-refractivity contribution >= 4 is 0 Å². The summed E-state index contributed by atoms with van der Waals surface area (Å²) in [7, 11) is 4.74. The second kappa shape index (κ2) is 6.50. The summed E-state index contributed by atoms with van der Waals surface area (Å²) >= 11 is 0. The Balaban J connectivity index is 1.96. The molecule has 24 heavy (non-hydrogen) atoms. The van der Waals surface area contributed by atoms with Gasteiger partial charge in [-0.15, -0.1) is 0 Å². The van der Waals surface area contributed by atoms with Crippen molar-refractivity contribution in [2.45, 2.75) is 61.6 Å². The summed E-state index contributed by atoms with van der Waals surface area (Å²) in [4.78, 5) is 0. The van der Waals surface area contributed by atoms with Crippen molar-refractivity contribution in [1.29, 1.82) is 0 Å². The van der Waals surface area contributed by atoms with E-state index in [1.165, 1.54) is 7.11 Å². The molecular formula is C15H26N2O7. The molecule has 0 unspecified atom stereocenters. The van der Waals surface area contributed by atoms with Crippen LogP contribution in [0.1, 0.15) is 6.92 Å². The van der Waals surface area contributed by atoms with Crippen LogP contribution >= 0.6 is 0 Å². The summed E-state index contributed by atoms with van der Waals surface area (Å²) in [6.45, 7) is 1.78. The molecule has 0 radical (unpaired) electrons. The zero-order valence-electron chi connectivity index (χ0n) is 14.2. The molecule has 9 nitrogen and oxygen atoms in total. The average molecular weight is 346 g/mol. The summed E-state index contributed by atoms with van der Waals surface area (Å²) < 4.78 is 22.6. The predicted molar refractivity (Wildman–Crippen MR) is 81.8 cm³/mol. The van der Waals surface area contributed by atoms with Crippen molar-refractivity contribution in [1.82, 2.24) is 10.6 Å². The van der Waals surface area contributed by atoms with E-state index in [1.807, 2.05) is 0 Å². The summed E-state index contributed by atoms with van der Waals surface area (Å²) in [6.07, 6.45) is -3.48. The number of ether oxygens (including phenoxy) is 4. The molecule has 1 saturated heterocycles. The van der Waals surface area contributed by atoms with Gasteiger partial charge in [-0.3, -0.25) is 0 Å². The molecule has 0 aromatic carbocycles.